The Bertz CT molecular complexity index is 1340. The molecule has 0 aliphatic heterocycles. The third-order valence-electron chi connectivity index (χ3n) is 5.44. The summed E-state index contributed by atoms with van der Waals surface area (Å²) < 4.78 is 36.8. The zero-order valence-electron chi connectivity index (χ0n) is 21.0. The smallest absolute Gasteiger partial charge is 0.270 e. The quantitative estimate of drug-likeness (QED) is 0.513. The van der Waals surface area contributed by atoms with Gasteiger partial charge in [0.2, 0.25) is 0 Å². The van der Waals surface area contributed by atoms with Crippen LogP contribution >= 0.6 is 0 Å². The molecule has 1 aromatic heterocycles. The number of nitrogens with one attached hydrogen (secondary N) is 1. The summed E-state index contributed by atoms with van der Waals surface area (Å²) in [6.45, 7) is -0.600. The minimum Gasteiger partial charge on any atom is -0.508 e. The maximum atomic E-state index is 14.1. The third kappa shape index (κ3) is 5.57. The van der Waals surface area contributed by atoms with E-state index in [1.165, 1.54) is 36.4 Å². The zero-order chi connectivity index (χ0) is 26.0. The monoisotopic (exact) mass is 447 g/mol. The van der Waals surface area contributed by atoms with Crippen LogP contribution in [0.15, 0.2) is 54.6 Å². The summed E-state index contributed by atoms with van der Waals surface area (Å²) in [4.78, 5) is 17.5. The van der Waals surface area contributed by atoms with E-state index in [9.17, 15) is 19.4 Å². The van der Waals surface area contributed by atoms with Gasteiger partial charge < -0.3 is 15.5 Å². The SMILES string of the molecule is [2H]C([2H])([2H])c1ccc(C(NC(=O)c2cc(C#C[C@H](O)C3CC3)cc(C)n2)c2cc(F)ccc2O)cc1. The molecular weight excluding hydrogens is 419 g/mol. The highest BCUT2D eigenvalue weighted by atomic mass is 19.1. The van der Waals surface area contributed by atoms with Crippen LogP contribution in [0.5, 0.6) is 5.75 Å². The Morgan fingerprint density at radius 3 is 2.67 bits per heavy atom. The lowest BCUT2D eigenvalue weighted by atomic mass is 9.96. The first kappa shape index (κ1) is 18.8. The molecule has 4 rings (SSSR count). The van der Waals surface area contributed by atoms with Gasteiger partial charge in [-0.3, -0.25) is 4.79 Å². The number of nitrogens with zero attached hydrogens (tertiary/aromatic N) is 1. The second-order valence-electron chi connectivity index (χ2n) is 8.17. The molecule has 1 amide bonds. The summed E-state index contributed by atoms with van der Waals surface area (Å²) in [7, 11) is 0. The molecule has 2 atom stereocenters. The second-order valence-corrected chi connectivity index (χ2v) is 8.17. The molecular formula is C27H25FN2O3. The maximum absolute atomic E-state index is 14.1. The van der Waals surface area contributed by atoms with Gasteiger partial charge in [0.05, 0.1) is 6.04 Å². The van der Waals surface area contributed by atoms with E-state index < -0.39 is 30.7 Å². The Balaban J connectivity index is 1.67. The molecule has 0 radical (unpaired) electrons. The molecule has 1 aliphatic carbocycles. The number of hydrogen-bond donors (Lipinski definition) is 3. The van der Waals surface area contributed by atoms with Crippen LogP contribution in [0, 0.1) is 37.4 Å². The number of phenolic OH excluding ortho intramolecular Hbond substituents is 1. The van der Waals surface area contributed by atoms with Crippen LogP contribution in [-0.2, 0) is 0 Å². The average Bonchev–Trinajstić information content (AvgIpc) is 3.67. The summed E-state index contributed by atoms with van der Waals surface area (Å²) in [5.74, 6) is 4.44. The van der Waals surface area contributed by atoms with Crippen molar-refractivity contribution in [1.29, 1.82) is 0 Å². The molecule has 1 saturated carbocycles. The Labute approximate surface area is 196 Å². The van der Waals surface area contributed by atoms with Crippen molar-refractivity contribution in [3.05, 3.63) is 94.1 Å². The molecule has 6 heteroatoms. The highest BCUT2D eigenvalue weighted by Gasteiger charge is 2.28. The largest absolute Gasteiger partial charge is 0.508 e. The average molecular weight is 448 g/mol. The molecule has 3 aromatic rings. The van der Waals surface area contributed by atoms with Gasteiger partial charge in [0.25, 0.3) is 5.91 Å². The van der Waals surface area contributed by atoms with Gasteiger partial charge in [-0.05, 0) is 68.4 Å². The number of aliphatic hydroxyl groups is 1. The maximum Gasteiger partial charge on any atom is 0.270 e. The molecule has 3 N–H and O–H groups in total. The van der Waals surface area contributed by atoms with E-state index in [2.05, 4.69) is 22.1 Å². The molecule has 1 unspecified atom stereocenters. The Morgan fingerprint density at radius 1 is 1.21 bits per heavy atom. The van der Waals surface area contributed by atoms with Crippen molar-refractivity contribution in [2.24, 2.45) is 5.92 Å². The highest BCUT2D eigenvalue weighted by molar-refractivity contribution is 5.93. The van der Waals surface area contributed by atoms with Crippen LogP contribution in [-0.4, -0.2) is 27.2 Å². The number of aliphatic hydroxyl groups excluding tert-OH is 1. The number of amides is 1. The van der Waals surface area contributed by atoms with Crippen molar-refractivity contribution < 1.29 is 23.5 Å². The third-order valence-corrected chi connectivity index (χ3v) is 5.44. The Morgan fingerprint density at radius 2 is 1.97 bits per heavy atom. The van der Waals surface area contributed by atoms with Crippen molar-refractivity contribution in [3.63, 3.8) is 0 Å². The molecule has 1 aliphatic rings. The van der Waals surface area contributed by atoms with Crippen LogP contribution in [0.2, 0.25) is 0 Å². The van der Waals surface area contributed by atoms with E-state index in [1.54, 1.807) is 13.0 Å². The van der Waals surface area contributed by atoms with Gasteiger partial charge >= 0.3 is 0 Å². The van der Waals surface area contributed by atoms with Gasteiger partial charge in [0.1, 0.15) is 23.4 Å². The molecule has 5 nitrogen and oxygen atoms in total. The van der Waals surface area contributed by atoms with Gasteiger partial charge in [-0.2, -0.15) is 0 Å². The van der Waals surface area contributed by atoms with Crippen LogP contribution in [0.4, 0.5) is 4.39 Å². The van der Waals surface area contributed by atoms with E-state index in [-0.39, 0.29) is 28.5 Å². The van der Waals surface area contributed by atoms with Crippen molar-refractivity contribution >= 4 is 5.91 Å². The predicted octanol–water partition coefficient (Wildman–Crippen LogP) is 4.18. The number of halogens is 1. The van der Waals surface area contributed by atoms with E-state index in [1.807, 2.05) is 0 Å². The minimum atomic E-state index is -2.31. The van der Waals surface area contributed by atoms with Crippen molar-refractivity contribution in [2.75, 3.05) is 0 Å². The van der Waals surface area contributed by atoms with Gasteiger partial charge in [0, 0.05) is 20.9 Å². The lowest BCUT2D eigenvalue weighted by Gasteiger charge is -2.21. The molecule has 0 spiro atoms. The fourth-order valence-corrected chi connectivity index (χ4v) is 3.52. The fourth-order valence-electron chi connectivity index (χ4n) is 3.52. The van der Waals surface area contributed by atoms with E-state index in [4.69, 9.17) is 4.11 Å². The van der Waals surface area contributed by atoms with E-state index in [0.717, 1.165) is 25.0 Å². The summed E-state index contributed by atoms with van der Waals surface area (Å²) in [6, 6.07) is 11.4. The second kappa shape index (κ2) is 9.43. The number of hydrogen-bond acceptors (Lipinski definition) is 4. The number of pyridine rings is 1. The number of phenols is 1. The van der Waals surface area contributed by atoms with Crippen molar-refractivity contribution in [3.8, 4) is 17.6 Å². The first-order valence-corrected chi connectivity index (χ1v) is 10.6. The predicted molar refractivity (Wildman–Crippen MR) is 123 cm³/mol. The summed E-state index contributed by atoms with van der Waals surface area (Å²) >= 11 is 0. The van der Waals surface area contributed by atoms with E-state index in [0.29, 0.717) is 16.8 Å². The van der Waals surface area contributed by atoms with Gasteiger partial charge in [-0.1, -0.05) is 41.7 Å². The van der Waals surface area contributed by atoms with E-state index >= 15 is 0 Å². The normalized spacial score (nSPS) is 16.4. The molecule has 33 heavy (non-hydrogen) atoms. The van der Waals surface area contributed by atoms with Crippen LogP contribution in [0.3, 0.4) is 0 Å². The Hall–Kier alpha value is -3.69. The standard InChI is InChI=1S/C27H25FN2O3/c1-16-3-6-20(7-4-16)26(22-15-21(28)10-12-25(22)32)30-27(33)23-14-18(13-17(2)29-23)5-11-24(31)19-8-9-19/h3-4,6-7,10,12-15,19,24,26,31-32H,8-9H2,1-2H3,(H,30,33)/t24-,26?/m0/s1/i1D3. The van der Waals surface area contributed by atoms with Crippen molar-refractivity contribution in [2.45, 2.75) is 38.8 Å². The van der Waals surface area contributed by atoms with Crippen molar-refractivity contribution in [1.82, 2.24) is 10.3 Å². The number of aromatic hydroxyl groups is 1. The van der Waals surface area contributed by atoms with Crippen LogP contribution in [0.1, 0.15) is 61.4 Å². The fraction of sp³-hybridized carbons (Fsp3) is 0.259. The number of carbonyl (C=O) groups is 1. The molecule has 1 fully saturated rings. The topological polar surface area (TPSA) is 82.5 Å². The molecule has 1 heterocycles. The summed E-state index contributed by atoms with van der Waals surface area (Å²) in [6.07, 6.45) is 1.18. The van der Waals surface area contributed by atoms with Crippen LogP contribution in [0.25, 0.3) is 0 Å². The zero-order valence-corrected chi connectivity index (χ0v) is 18.0. The van der Waals surface area contributed by atoms with Gasteiger partial charge in [-0.25, -0.2) is 9.37 Å². The minimum absolute atomic E-state index is 0.0558. The van der Waals surface area contributed by atoms with Gasteiger partial charge in [-0.15, -0.1) is 0 Å². The molecule has 2 aromatic carbocycles. The molecule has 0 saturated heterocycles. The van der Waals surface area contributed by atoms with Gasteiger partial charge in [0.15, 0.2) is 0 Å². The highest BCUT2D eigenvalue weighted by Crippen LogP contribution is 2.32. The molecule has 168 valence electrons. The molecule has 0 bridgehead atoms. The number of rotatable bonds is 5. The Kier molecular flexibility index (Phi) is 5.39. The number of benzene rings is 2. The summed E-state index contributed by atoms with van der Waals surface area (Å²) in [5.41, 5.74) is 1.76. The van der Waals surface area contributed by atoms with Crippen LogP contribution < -0.4 is 5.32 Å². The number of aryl methyl sites for hydroxylation is 2. The number of aromatic nitrogens is 1. The lowest BCUT2D eigenvalue weighted by molar-refractivity contribution is 0.0937. The first-order valence-electron chi connectivity index (χ1n) is 12.1. The number of carbonyl (C=O) groups excluding carboxylic acids is 1. The summed E-state index contributed by atoms with van der Waals surface area (Å²) in [5, 5.41) is 23.2. The first-order chi connectivity index (χ1) is 17.0. The lowest BCUT2D eigenvalue weighted by Crippen LogP contribution is -2.30.